The maximum Gasteiger partial charge on any atom is 1.00 e. The van der Waals surface area contributed by atoms with Crippen molar-refractivity contribution in [2.24, 2.45) is 11.8 Å². The summed E-state index contributed by atoms with van der Waals surface area (Å²) < 4.78 is 85.7. The summed E-state index contributed by atoms with van der Waals surface area (Å²) in [5.41, 5.74) is 1.28. The summed E-state index contributed by atoms with van der Waals surface area (Å²) in [6.45, 7) is 12.7. The topological polar surface area (TPSA) is 383 Å². The molecule has 552 valence electrons. The first kappa shape index (κ1) is 85.8. The fourth-order valence-electron chi connectivity index (χ4n) is 13.5. The van der Waals surface area contributed by atoms with E-state index < -0.39 is 140 Å². The van der Waals surface area contributed by atoms with E-state index in [2.05, 4.69) is 67.6 Å². The van der Waals surface area contributed by atoms with Crippen molar-refractivity contribution in [1.29, 1.82) is 0 Å². The van der Waals surface area contributed by atoms with Crippen molar-refractivity contribution in [3.8, 4) is 0 Å². The van der Waals surface area contributed by atoms with Crippen molar-refractivity contribution >= 4 is 22.0 Å². The second-order valence-electron chi connectivity index (χ2n) is 28.0. The third-order valence-corrected chi connectivity index (χ3v) is 19.7. The van der Waals surface area contributed by atoms with E-state index in [9.17, 15) is 73.6 Å². The SMILES string of the molecule is C=CCCC1OC1CC(=C)CCC1OC1CCCC/C=C/CC/C=C/CC(C)/C=C/CC(C)CCCCCCC(=O)CCCC(CC(O)CC(=O)C[C@H]1CC[C@H]([C@H]2C[C@@H](O)[C@@H](OS(=O)(=O)[O-])[C@H](CC(C)O)O2)O1)O[C@@H]1O[C@H](CO[C@@H]2O[C@H](CO)[C@@H](O)[C@H](O)[C@H]2O)[C@@H](O)[C@H](O)[C@H]1O.[Na+]. The smallest absolute Gasteiger partial charge is 0.726 e. The molecule has 10 N–H and O–H groups in total. The van der Waals surface area contributed by atoms with E-state index in [4.69, 9.17) is 37.9 Å². The molecule has 0 aromatic heterocycles. The van der Waals surface area contributed by atoms with Gasteiger partial charge in [-0.05, 0) is 128 Å². The summed E-state index contributed by atoms with van der Waals surface area (Å²) >= 11 is 0. The maximum atomic E-state index is 13.5. The van der Waals surface area contributed by atoms with Gasteiger partial charge in [0, 0.05) is 44.9 Å². The van der Waals surface area contributed by atoms with Crippen LogP contribution in [0.25, 0.3) is 0 Å². The molecule has 6 heterocycles. The monoisotopic (exact) mass is 1410 g/mol. The van der Waals surface area contributed by atoms with Crippen molar-refractivity contribution in [1.82, 2.24) is 0 Å². The van der Waals surface area contributed by atoms with Crippen LogP contribution in [0.15, 0.2) is 61.3 Å². The molecule has 0 radical (unpaired) electrons. The number of hydrogen-bond acceptors (Lipinski definition) is 24. The number of ketones is 2. The number of aliphatic hydroxyl groups is 10. The molecular formula is C71H117NaO24S. The number of rotatable bonds is 49. The number of carbonyl (C=O) groups is 2. The molecule has 6 saturated heterocycles. The Balaban J connectivity index is 0.0000170. The van der Waals surface area contributed by atoms with Gasteiger partial charge in [-0.2, -0.15) is 0 Å². The molecule has 0 bridgehead atoms. The van der Waals surface area contributed by atoms with Crippen LogP contribution < -0.4 is 29.6 Å². The van der Waals surface area contributed by atoms with Crippen LogP contribution in [0.3, 0.4) is 0 Å². The van der Waals surface area contributed by atoms with Crippen LogP contribution in [0, 0.1) is 11.8 Å². The van der Waals surface area contributed by atoms with Crippen LogP contribution in [-0.4, -0.2) is 230 Å². The number of epoxide rings is 2. The third kappa shape index (κ3) is 31.6. The van der Waals surface area contributed by atoms with E-state index in [1.54, 1.807) is 0 Å². The van der Waals surface area contributed by atoms with Crippen LogP contribution in [-0.2, 0) is 62.1 Å². The molecule has 6 rings (SSSR count). The Labute approximate surface area is 597 Å². The van der Waals surface area contributed by atoms with Gasteiger partial charge in [0.1, 0.15) is 66.5 Å². The van der Waals surface area contributed by atoms with Crippen molar-refractivity contribution in [3.63, 3.8) is 0 Å². The Morgan fingerprint density at radius 3 is 2.00 bits per heavy atom. The summed E-state index contributed by atoms with van der Waals surface area (Å²) in [7, 11) is -5.22. The molecule has 97 heavy (non-hydrogen) atoms. The first-order valence-electron chi connectivity index (χ1n) is 35.7. The van der Waals surface area contributed by atoms with Crippen molar-refractivity contribution in [2.75, 3.05) is 13.2 Å². The standard InChI is InChI=1S/C71H118O24S.Na/c1-6-7-30-55-58(91-55)36-46(4)32-34-56-54(90-56)31-20-14-12-10-8-9-11-13-17-23-44(2)25-21-26-45(3)24-18-15-16-19-27-48(74)28-22-29-51(89-71-68(83)66(81)64(79)62(94-71)43-87-70-67(82)65(80)63(78)61(42-72)93-70)39-49(75)38-50(76)40-52-33-35-57(88-52)59-41-53(77)69(95-96(84,85)86)60(92-59)37-47(5)73;/h6,8,10,13,17,21,25,44-45,47,49,51-73,75,77-83H,1,4,7,9,11-12,14-16,18-20,22-24,26-43H2,2-3,5H3,(H,84,85,86);/q;+1/p-1/b10-8+,17-13+,25-21+;/t44?,45?,47?,49?,51?,52-,53-,54?,55?,56?,57-,58?,59-,60+,61-,62-,63-,64-,65+,66+,67-,68-,69-,70-,71-;/m1./s1. The average molecular weight is 1410 g/mol. The summed E-state index contributed by atoms with van der Waals surface area (Å²) in [5, 5.41) is 106. The summed E-state index contributed by atoms with van der Waals surface area (Å²) in [6.07, 6.45) is 10.7. The van der Waals surface area contributed by atoms with Gasteiger partial charge in [0.2, 0.25) is 10.4 Å². The van der Waals surface area contributed by atoms with Crippen LogP contribution in [0.4, 0.5) is 0 Å². The molecule has 0 aliphatic carbocycles. The van der Waals surface area contributed by atoms with Crippen molar-refractivity contribution in [2.45, 2.75) is 348 Å². The number of Topliss-reactive ketones (excluding diaryl/α,β-unsaturated/α-hetero) is 2. The van der Waals surface area contributed by atoms with Crippen LogP contribution >= 0.6 is 0 Å². The van der Waals surface area contributed by atoms with E-state index in [0.29, 0.717) is 61.9 Å². The zero-order chi connectivity index (χ0) is 69.9. The molecular weight excluding hydrogens is 1290 g/mol. The molecule has 6 fully saturated rings. The summed E-state index contributed by atoms with van der Waals surface area (Å²) in [4.78, 5) is 26.7. The fraction of sp³-hybridized carbons (Fsp3) is 0.831. The molecule has 0 aromatic carbocycles. The van der Waals surface area contributed by atoms with Crippen LogP contribution in [0.1, 0.15) is 207 Å². The molecule has 6 aliphatic rings. The molecule has 6 aliphatic heterocycles. The molecule has 0 amide bonds. The van der Waals surface area contributed by atoms with Crippen LogP contribution in [0.5, 0.6) is 0 Å². The summed E-state index contributed by atoms with van der Waals surface area (Å²) in [5.74, 6) is 0.657. The van der Waals surface area contributed by atoms with Crippen molar-refractivity contribution < 1.29 is 145 Å². The van der Waals surface area contributed by atoms with Gasteiger partial charge in [0.25, 0.3) is 0 Å². The van der Waals surface area contributed by atoms with Gasteiger partial charge < -0.3 is 93.5 Å². The van der Waals surface area contributed by atoms with Gasteiger partial charge in [-0.3, -0.25) is 13.8 Å². The Bertz CT molecular complexity index is 2490. The van der Waals surface area contributed by atoms with Gasteiger partial charge in [0.05, 0.1) is 86.5 Å². The van der Waals surface area contributed by atoms with E-state index in [1.165, 1.54) is 25.3 Å². The minimum Gasteiger partial charge on any atom is -0.726 e. The number of hydrogen-bond donors (Lipinski definition) is 10. The predicted molar refractivity (Wildman–Crippen MR) is 353 cm³/mol. The maximum absolute atomic E-state index is 13.5. The summed E-state index contributed by atoms with van der Waals surface area (Å²) in [6, 6.07) is 0. The zero-order valence-electron chi connectivity index (χ0n) is 57.9. The first-order chi connectivity index (χ1) is 45.8. The van der Waals surface area contributed by atoms with E-state index >= 15 is 0 Å². The molecule has 24 nitrogen and oxygen atoms in total. The predicted octanol–water partition coefficient (Wildman–Crippen LogP) is 3.15. The van der Waals surface area contributed by atoms with Crippen LogP contribution in [0.2, 0.25) is 0 Å². The van der Waals surface area contributed by atoms with Gasteiger partial charge in [-0.1, -0.05) is 101 Å². The number of unbranched alkanes of at least 4 members (excludes halogenated alkanes) is 6. The minimum absolute atomic E-state index is 0. The largest absolute Gasteiger partial charge is 1.00 e. The van der Waals surface area contributed by atoms with Gasteiger partial charge in [0.15, 0.2) is 12.6 Å². The minimum atomic E-state index is -5.22. The second kappa shape index (κ2) is 44.8. The quantitative estimate of drug-likeness (QED) is 0.0104. The van der Waals surface area contributed by atoms with E-state index in [1.807, 2.05) is 6.08 Å². The number of aliphatic hydroxyl groups excluding tert-OH is 10. The molecule has 25 atom stereocenters. The number of allylic oxidation sites excluding steroid dienone is 7. The number of ether oxygens (including phenoxy) is 8. The molecule has 0 saturated carbocycles. The van der Waals surface area contributed by atoms with Gasteiger partial charge in [-0.25, -0.2) is 8.42 Å². The fourth-order valence-corrected chi connectivity index (χ4v) is 14.0. The normalized spacial score (nSPS) is 33.8. The Hall–Kier alpha value is -1.81. The van der Waals surface area contributed by atoms with Crippen molar-refractivity contribution in [3.05, 3.63) is 61.3 Å². The zero-order valence-corrected chi connectivity index (χ0v) is 60.7. The molecule has 0 aromatic rings. The second-order valence-corrected chi connectivity index (χ2v) is 29.0. The molecule has 0 spiro atoms. The van der Waals surface area contributed by atoms with Gasteiger partial charge >= 0.3 is 29.6 Å². The van der Waals surface area contributed by atoms with Gasteiger partial charge in [-0.15, -0.1) is 6.58 Å². The average Bonchev–Trinajstić information content (AvgIpc) is 1.69. The first-order valence-corrected chi connectivity index (χ1v) is 37.0. The Morgan fingerprint density at radius 2 is 1.28 bits per heavy atom. The van der Waals surface area contributed by atoms with E-state index in [0.717, 1.165) is 103 Å². The molecule has 26 heteroatoms. The van der Waals surface area contributed by atoms with E-state index in [-0.39, 0.29) is 86.1 Å². The Kier molecular flexibility index (Phi) is 39.6. The third-order valence-electron chi connectivity index (χ3n) is 19.3. The molecule has 9 unspecified atom stereocenters. The number of carbonyl (C=O) groups excluding carboxylic acids is 2. The Morgan fingerprint density at radius 1 is 0.619 bits per heavy atom.